The maximum absolute atomic E-state index is 5.37. The summed E-state index contributed by atoms with van der Waals surface area (Å²) < 4.78 is 5.37. The predicted octanol–water partition coefficient (Wildman–Crippen LogP) is 3.04. The summed E-state index contributed by atoms with van der Waals surface area (Å²) >= 11 is 0. The van der Waals surface area contributed by atoms with E-state index < -0.39 is 0 Å². The van der Waals surface area contributed by atoms with Gasteiger partial charge in [-0.3, -0.25) is 4.90 Å². The molecule has 0 aromatic heterocycles. The molecule has 0 saturated heterocycles. The van der Waals surface area contributed by atoms with Crippen molar-refractivity contribution >= 4 is 0 Å². The van der Waals surface area contributed by atoms with Gasteiger partial charge in [-0.15, -0.1) is 0 Å². The van der Waals surface area contributed by atoms with Gasteiger partial charge in [0.15, 0.2) is 0 Å². The van der Waals surface area contributed by atoms with Crippen molar-refractivity contribution in [1.29, 1.82) is 0 Å². The molecule has 2 saturated carbocycles. The average molecular weight is 282 g/mol. The van der Waals surface area contributed by atoms with Crippen LogP contribution < -0.4 is 5.32 Å². The van der Waals surface area contributed by atoms with Crippen LogP contribution in [0.3, 0.4) is 0 Å². The van der Waals surface area contributed by atoms with Gasteiger partial charge in [-0.05, 0) is 51.5 Å². The number of hydrogen-bond acceptors (Lipinski definition) is 3. The highest BCUT2D eigenvalue weighted by molar-refractivity contribution is 4.94. The SMILES string of the molecule is CCCNC1CCCCC1N(CCOC)C(C)C1CC1. The number of methoxy groups -OCH3 is 1. The van der Waals surface area contributed by atoms with E-state index in [1.807, 2.05) is 7.11 Å². The Labute approximate surface area is 125 Å². The molecule has 3 heteroatoms. The number of nitrogens with one attached hydrogen (secondary N) is 1. The molecular weight excluding hydrogens is 248 g/mol. The largest absolute Gasteiger partial charge is 0.383 e. The third kappa shape index (κ3) is 4.44. The van der Waals surface area contributed by atoms with Crippen LogP contribution in [0.1, 0.15) is 58.8 Å². The molecule has 0 amide bonds. The fourth-order valence-corrected chi connectivity index (χ4v) is 3.79. The lowest BCUT2D eigenvalue weighted by atomic mass is 9.87. The first-order chi connectivity index (χ1) is 9.77. The second-order valence-electron chi connectivity index (χ2n) is 6.72. The first-order valence-electron chi connectivity index (χ1n) is 8.76. The number of rotatable bonds is 9. The molecule has 0 spiro atoms. The quantitative estimate of drug-likeness (QED) is 0.703. The van der Waals surface area contributed by atoms with Crippen LogP contribution in [-0.4, -0.2) is 49.8 Å². The van der Waals surface area contributed by atoms with Gasteiger partial charge in [-0.1, -0.05) is 19.8 Å². The van der Waals surface area contributed by atoms with Crippen LogP contribution >= 0.6 is 0 Å². The van der Waals surface area contributed by atoms with E-state index in [4.69, 9.17) is 4.74 Å². The summed E-state index contributed by atoms with van der Waals surface area (Å²) in [7, 11) is 1.83. The second-order valence-corrected chi connectivity index (χ2v) is 6.72. The van der Waals surface area contributed by atoms with E-state index in [-0.39, 0.29) is 0 Å². The number of hydrogen-bond donors (Lipinski definition) is 1. The summed E-state index contributed by atoms with van der Waals surface area (Å²) in [4.78, 5) is 2.77. The molecule has 0 aromatic carbocycles. The molecule has 0 bridgehead atoms. The lowest BCUT2D eigenvalue weighted by Crippen LogP contribution is -2.55. The summed E-state index contributed by atoms with van der Waals surface area (Å²) in [6.45, 7) is 7.84. The highest BCUT2D eigenvalue weighted by Gasteiger charge is 2.38. The standard InChI is InChI=1S/C17H34N2O/c1-4-11-18-16-7-5-6-8-17(16)19(12-13-20-3)14(2)15-9-10-15/h14-18H,4-13H2,1-3H3. The number of nitrogens with zero attached hydrogens (tertiary/aromatic N) is 1. The molecule has 3 atom stereocenters. The van der Waals surface area contributed by atoms with Crippen molar-refractivity contribution < 1.29 is 4.74 Å². The summed E-state index contributed by atoms with van der Waals surface area (Å²) in [5.74, 6) is 0.945. The first kappa shape index (κ1) is 16.3. The van der Waals surface area contributed by atoms with Crippen LogP contribution in [-0.2, 0) is 4.74 Å². The van der Waals surface area contributed by atoms with Gasteiger partial charge in [0.2, 0.25) is 0 Å². The monoisotopic (exact) mass is 282 g/mol. The molecule has 1 N–H and O–H groups in total. The summed E-state index contributed by atoms with van der Waals surface area (Å²) in [5.41, 5.74) is 0. The Bertz CT molecular complexity index is 268. The van der Waals surface area contributed by atoms with Gasteiger partial charge in [-0.2, -0.15) is 0 Å². The molecule has 0 aliphatic heterocycles. The van der Waals surface area contributed by atoms with Crippen molar-refractivity contribution in [2.24, 2.45) is 5.92 Å². The van der Waals surface area contributed by atoms with Gasteiger partial charge in [0.25, 0.3) is 0 Å². The molecule has 20 heavy (non-hydrogen) atoms. The normalized spacial score (nSPS) is 28.8. The van der Waals surface area contributed by atoms with Gasteiger partial charge >= 0.3 is 0 Å². The zero-order valence-corrected chi connectivity index (χ0v) is 13.7. The van der Waals surface area contributed by atoms with Crippen molar-refractivity contribution in [2.45, 2.75) is 76.9 Å². The molecule has 2 aliphatic carbocycles. The molecule has 2 fully saturated rings. The van der Waals surface area contributed by atoms with Crippen LogP contribution in [0.5, 0.6) is 0 Å². The fraction of sp³-hybridized carbons (Fsp3) is 1.00. The Morgan fingerprint density at radius 2 is 1.95 bits per heavy atom. The van der Waals surface area contributed by atoms with Gasteiger partial charge in [0.05, 0.1) is 6.61 Å². The highest BCUT2D eigenvalue weighted by atomic mass is 16.5. The molecule has 0 heterocycles. The Morgan fingerprint density at radius 3 is 2.60 bits per heavy atom. The lowest BCUT2D eigenvalue weighted by Gasteiger charge is -2.43. The molecule has 0 radical (unpaired) electrons. The van der Waals surface area contributed by atoms with Crippen LogP contribution in [0.4, 0.5) is 0 Å². The Balaban J connectivity index is 1.98. The van der Waals surface area contributed by atoms with Crippen molar-refractivity contribution in [1.82, 2.24) is 10.2 Å². The van der Waals surface area contributed by atoms with Gasteiger partial charge in [0, 0.05) is 31.8 Å². The van der Waals surface area contributed by atoms with E-state index in [1.54, 1.807) is 0 Å². The average Bonchev–Trinajstić information content (AvgIpc) is 3.31. The van der Waals surface area contributed by atoms with E-state index in [0.717, 1.165) is 37.7 Å². The zero-order valence-electron chi connectivity index (χ0n) is 13.7. The Hall–Kier alpha value is -0.120. The Kier molecular flexibility index (Phi) is 6.79. The topological polar surface area (TPSA) is 24.5 Å². The van der Waals surface area contributed by atoms with Crippen LogP contribution in [0.2, 0.25) is 0 Å². The molecular formula is C17H34N2O. The zero-order chi connectivity index (χ0) is 14.4. The third-order valence-corrected chi connectivity index (χ3v) is 5.19. The maximum Gasteiger partial charge on any atom is 0.0589 e. The van der Waals surface area contributed by atoms with E-state index in [1.165, 1.54) is 44.9 Å². The predicted molar refractivity (Wildman–Crippen MR) is 85.1 cm³/mol. The highest BCUT2D eigenvalue weighted by Crippen LogP contribution is 2.37. The van der Waals surface area contributed by atoms with Crippen molar-refractivity contribution in [2.75, 3.05) is 26.8 Å². The van der Waals surface area contributed by atoms with Gasteiger partial charge < -0.3 is 10.1 Å². The molecule has 2 aliphatic rings. The van der Waals surface area contributed by atoms with Crippen LogP contribution in [0.15, 0.2) is 0 Å². The summed E-state index contributed by atoms with van der Waals surface area (Å²) in [6, 6.07) is 2.15. The molecule has 3 unspecified atom stereocenters. The summed E-state index contributed by atoms with van der Waals surface area (Å²) in [5, 5.41) is 3.81. The molecule has 2 rings (SSSR count). The molecule has 118 valence electrons. The minimum atomic E-state index is 0.696. The minimum absolute atomic E-state index is 0.696. The van der Waals surface area contributed by atoms with Crippen LogP contribution in [0, 0.1) is 5.92 Å². The summed E-state index contributed by atoms with van der Waals surface area (Å²) in [6.07, 6.45) is 9.62. The van der Waals surface area contributed by atoms with E-state index in [0.29, 0.717) is 6.04 Å². The van der Waals surface area contributed by atoms with E-state index in [2.05, 4.69) is 24.1 Å². The molecule has 0 aromatic rings. The molecule has 3 nitrogen and oxygen atoms in total. The Morgan fingerprint density at radius 1 is 1.20 bits per heavy atom. The van der Waals surface area contributed by atoms with E-state index >= 15 is 0 Å². The first-order valence-corrected chi connectivity index (χ1v) is 8.76. The van der Waals surface area contributed by atoms with Crippen LogP contribution in [0.25, 0.3) is 0 Å². The van der Waals surface area contributed by atoms with Gasteiger partial charge in [0.1, 0.15) is 0 Å². The van der Waals surface area contributed by atoms with Crippen molar-refractivity contribution in [3.8, 4) is 0 Å². The third-order valence-electron chi connectivity index (χ3n) is 5.19. The maximum atomic E-state index is 5.37. The van der Waals surface area contributed by atoms with Crippen molar-refractivity contribution in [3.63, 3.8) is 0 Å². The number of ether oxygens (including phenoxy) is 1. The lowest BCUT2D eigenvalue weighted by molar-refractivity contribution is 0.0477. The minimum Gasteiger partial charge on any atom is -0.383 e. The van der Waals surface area contributed by atoms with Gasteiger partial charge in [-0.25, -0.2) is 0 Å². The van der Waals surface area contributed by atoms with Crippen molar-refractivity contribution in [3.05, 3.63) is 0 Å². The van der Waals surface area contributed by atoms with E-state index in [9.17, 15) is 0 Å². The second kappa shape index (κ2) is 8.35. The fourth-order valence-electron chi connectivity index (χ4n) is 3.79. The smallest absolute Gasteiger partial charge is 0.0589 e.